The quantitative estimate of drug-likeness (QED) is 0.892. The van der Waals surface area contributed by atoms with Gasteiger partial charge in [0.2, 0.25) is 0 Å². The molecule has 1 aromatic heterocycles. The van der Waals surface area contributed by atoms with Crippen LogP contribution in [0.2, 0.25) is 0 Å². The Morgan fingerprint density at radius 1 is 1.27 bits per heavy atom. The lowest BCUT2D eigenvalue weighted by Crippen LogP contribution is -2.24. The van der Waals surface area contributed by atoms with Crippen LogP contribution in [0.4, 0.5) is 10.2 Å². The summed E-state index contributed by atoms with van der Waals surface area (Å²) in [5, 5.41) is 5.89. The summed E-state index contributed by atoms with van der Waals surface area (Å²) >= 11 is 0. The molecule has 0 spiro atoms. The number of halogens is 1. The standard InChI is InChI=1S/C17H18FN3O/c1-19-16(22)14-3-2-10-20-15(14)21-11-17(8-9-17)12-4-6-13(18)7-5-12/h2-7,10H,8-9,11H2,1H3,(H,19,22)(H,20,21). The minimum absolute atomic E-state index is 0.0190. The van der Waals surface area contributed by atoms with E-state index < -0.39 is 0 Å². The van der Waals surface area contributed by atoms with Crippen molar-refractivity contribution in [2.75, 3.05) is 18.9 Å². The number of carbonyl (C=O) groups is 1. The van der Waals surface area contributed by atoms with Gasteiger partial charge in [-0.2, -0.15) is 0 Å². The molecule has 114 valence electrons. The molecular formula is C17H18FN3O. The van der Waals surface area contributed by atoms with E-state index in [2.05, 4.69) is 15.6 Å². The SMILES string of the molecule is CNC(=O)c1cccnc1NCC1(c2ccc(F)cc2)CC1. The van der Waals surface area contributed by atoms with Crippen molar-refractivity contribution < 1.29 is 9.18 Å². The Morgan fingerprint density at radius 3 is 2.64 bits per heavy atom. The van der Waals surface area contributed by atoms with Crippen LogP contribution in [0.5, 0.6) is 0 Å². The predicted octanol–water partition coefficient (Wildman–Crippen LogP) is 2.72. The maximum atomic E-state index is 13.1. The van der Waals surface area contributed by atoms with Gasteiger partial charge in [0.1, 0.15) is 11.6 Å². The third kappa shape index (κ3) is 2.79. The third-order valence-electron chi connectivity index (χ3n) is 4.18. The van der Waals surface area contributed by atoms with Crippen molar-refractivity contribution in [1.29, 1.82) is 0 Å². The number of benzene rings is 1. The van der Waals surface area contributed by atoms with Crippen molar-refractivity contribution >= 4 is 11.7 Å². The van der Waals surface area contributed by atoms with E-state index in [9.17, 15) is 9.18 Å². The molecule has 0 atom stereocenters. The van der Waals surface area contributed by atoms with E-state index >= 15 is 0 Å². The van der Waals surface area contributed by atoms with Gasteiger partial charge in [0.15, 0.2) is 0 Å². The highest BCUT2D eigenvalue weighted by Crippen LogP contribution is 2.48. The molecule has 0 radical (unpaired) electrons. The van der Waals surface area contributed by atoms with E-state index in [1.165, 1.54) is 12.1 Å². The Labute approximate surface area is 128 Å². The number of carbonyl (C=O) groups excluding carboxylic acids is 1. The summed E-state index contributed by atoms with van der Waals surface area (Å²) in [5.41, 5.74) is 1.67. The van der Waals surface area contributed by atoms with Crippen LogP contribution >= 0.6 is 0 Å². The first-order valence-electron chi connectivity index (χ1n) is 7.32. The van der Waals surface area contributed by atoms with Crippen molar-refractivity contribution in [3.63, 3.8) is 0 Å². The summed E-state index contributed by atoms with van der Waals surface area (Å²) in [6.45, 7) is 0.680. The molecule has 0 bridgehead atoms. The van der Waals surface area contributed by atoms with Crippen molar-refractivity contribution in [3.8, 4) is 0 Å². The fourth-order valence-corrected chi connectivity index (χ4v) is 2.64. The van der Waals surface area contributed by atoms with Crippen LogP contribution in [0.3, 0.4) is 0 Å². The van der Waals surface area contributed by atoms with E-state index in [-0.39, 0.29) is 17.1 Å². The Bertz CT molecular complexity index is 681. The minimum atomic E-state index is -0.223. The Balaban J connectivity index is 1.76. The zero-order chi connectivity index (χ0) is 15.6. The molecule has 1 amide bonds. The summed E-state index contributed by atoms with van der Waals surface area (Å²) in [4.78, 5) is 16.1. The first-order valence-corrected chi connectivity index (χ1v) is 7.32. The van der Waals surface area contributed by atoms with Crippen molar-refractivity contribution in [1.82, 2.24) is 10.3 Å². The van der Waals surface area contributed by atoms with Crippen molar-refractivity contribution in [2.24, 2.45) is 0 Å². The number of nitrogens with one attached hydrogen (secondary N) is 2. The molecule has 3 rings (SSSR count). The molecule has 1 saturated carbocycles. The number of nitrogens with zero attached hydrogens (tertiary/aromatic N) is 1. The number of hydrogen-bond donors (Lipinski definition) is 2. The molecule has 0 aliphatic heterocycles. The molecule has 4 nitrogen and oxygen atoms in total. The van der Waals surface area contributed by atoms with Gasteiger partial charge in [-0.15, -0.1) is 0 Å². The summed E-state index contributed by atoms with van der Waals surface area (Å²) in [6.07, 6.45) is 3.76. The second-order valence-electron chi connectivity index (χ2n) is 5.62. The minimum Gasteiger partial charge on any atom is -0.369 e. The van der Waals surface area contributed by atoms with Gasteiger partial charge in [-0.1, -0.05) is 12.1 Å². The summed E-state index contributed by atoms with van der Waals surface area (Å²) in [6, 6.07) is 10.1. The average molecular weight is 299 g/mol. The highest BCUT2D eigenvalue weighted by Gasteiger charge is 2.44. The maximum absolute atomic E-state index is 13.1. The summed E-state index contributed by atoms with van der Waals surface area (Å²) in [7, 11) is 1.60. The number of aromatic nitrogens is 1. The van der Waals surface area contributed by atoms with Gasteiger partial charge in [0, 0.05) is 25.2 Å². The molecule has 1 fully saturated rings. The maximum Gasteiger partial charge on any atom is 0.254 e. The van der Waals surface area contributed by atoms with E-state index in [0.717, 1.165) is 18.4 Å². The van der Waals surface area contributed by atoms with Gasteiger partial charge in [-0.3, -0.25) is 4.79 Å². The van der Waals surface area contributed by atoms with Crippen molar-refractivity contribution in [3.05, 3.63) is 59.5 Å². The lowest BCUT2D eigenvalue weighted by Gasteiger charge is -2.18. The van der Waals surface area contributed by atoms with E-state index in [0.29, 0.717) is 17.9 Å². The van der Waals surface area contributed by atoms with E-state index in [1.54, 1.807) is 25.4 Å². The molecule has 1 aliphatic carbocycles. The predicted molar refractivity (Wildman–Crippen MR) is 83.4 cm³/mol. The molecular weight excluding hydrogens is 281 g/mol. The Kier molecular flexibility index (Phi) is 3.79. The first-order chi connectivity index (χ1) is 10.6. The molecule has 1 aliphatic rings. The van der Waals surface area contributed by atoms with Crippen LogP contribution in [-0.4, -0.2) is 24.5 Å². The van der Waals surface area contributed by atoms with Gasteiger partial charge in [-0.05, 0) is 42.7 Å². The van der Waals surface area contributed by atoms with Gasteiger partial charge in [0.25, 0.3) is 5.91 Å². The second-order valence-corrected chi connectivity index (χ2v) is 5.62. The van der Waals surface area contributed by atoms with E-state index in [4.69, 9.17) is 0 Å². The normalized spacial score (nSPS) is 15.2. The summed E-state index contributed by atoms with van der Waals surface area (Å²) < 4.78 is 13.1. The number of anilines is 1. The molecule has 2 aromatic rings. The van der Waals surface area contributed by atoms with Crippen LogP contribution in [-0.2, 0) is 5.41 Å². The van der Waals surface area contributed by atoms with Gasteiger partial charge in [-0.25, -0.2) is 9.37 Å². The van der Waals surface area contributed by atoms with Crippen LogP contribution in [0.15, 0.2) is 42.6 Å². The van der Waals surface area contributed by atoms with Gasteiger partial charge < -0.3 is 10.6 Å². The molecule has 2 N–H and O–H groups in total. The monoisotopic (exact) mass is 299 g/mol. The molecule has 0 saturated heterocycles. The number of hydrogen-bond acceptors (Lipinski definition) is 3. The Hall–Kier alpha value is -2.43. The van der Waals surface area contributed by atoms with Crippen molar-refractivity contribution in [2.45, 2.75) is 18.3 Å². The number of amides is 1. The molecule has 22 heavy (non-hydrogen) atoms. The van der Waals surface area contributed by atoms with E-state index in [1.807, 2.05) is 12.1 Å². The zero-order valence-corrected chi connectivity index (χ0v) is 12.4. The lowest BCUT2D eigenvalue weighted by molar-refractivity contribution is 0.0963. The summed E-state index contributed by atoms with van der Waals surface area (Å²) in [5.74, 6) is 0.191. The topological polar surface area (TPSA) is 54.0 Å². The molecule has 5 heteroatoms. The highest BCUT2D eigenvalue weighted by molar-refractivity contribution is 5.98. The largest absolute Gasteiger partial charge is 0.369 e. The molecule has 1 heterocycles. The number of pyridine rings is 1. The smallest absolute Gasteiger partial charge is 0.254 e. The fraction of sp³-hybridized carbons (Fsp3) is 0.294. The highest BCUT2D eigenvalue weighted by atomic mass is 19.1. The third-order valence-corrected chi connectivity index (χ3v) is 4.18. The van der Waals surface area contributed by atoms with Gasteiger partial charge in [0.05, 0.1) is 5.56 Å². The molecule has 0 unspecified atom stereocenters. The average Bonchev–Trinajstić information content (AvgIpc) is 3.34. The lowest BCUT2D eigenvalue weighted by atomic mass is 9.96. The van der Waals surface area contributed by atoms with Crippen LogP contribution < -0.4 is 10.6 Å². The fourth-order valence-electron chi connectivity index (χ4n) is 2.64. The molecule has 1 aromatic carbocycles. The second kappa shape index (κ2) is 5.75. The van der Waals surface area contributed by atoms with Crippen LogP contribution in [0, 0.1) is 5.82 Å². The number of rotatable bonds is 5. The Morgan fingerprint density at radius 2 is 2.00 bits per heavy atom. The first kappa shape index (κ1) is 14.5. The van der Waals surface area contributed by atoms with Crippen LogP contribution in [0.25, 0.3) is 0 Å². The van der Waals surface area contributed by atoms with Crippen LogP contribution in [0.1, 0.15) is 28.8 Å². The van der Waals surface area contributed by atoms with Gasteiger partial charge >= 0.3 is 0 Å². The zero-order valence-electron chi connectivity index (χ0n) is 12.4.